The fourth-order valence-corrected chi connectivity index (χ4v) is 3.35. The lowest BCUT2D eigenvalue weighted by Crippen LogP contribution is -2.16. The van der Waals surface area contributed by atoms with Gasteiger partial charge in [-0.25, -0.2) is 0 Å². The van der Waals surface area contributed by atoms with Crippen LogP contribution in [0.25, 0.3) is 0 Å². The number of hydrogen-bond acceptors (Lipinski definition) is 3. The Labute approximate surface area is 131 Å². The summed E-state index contributed by atoms with van der Waals surface area (Å²) in [5.41, 5.74) is 1.34. The molecule has 1 saturated carbocycles. The number of benzene rings is 1. The monoisotopic (exact) mass is 301 g/mol. The number of aryl methyl sites for hydroxylation is 1. The van der Waals surface area contributed by atoms with Gasteiger partial charge >= 0.3 is 0 Å². The fourth-order valence-electron chi connectivity index (χ4n) is 2.60. The van der Waals surface area contributed by atoms with Gasteiger partial charge in [-0.05, 0) is 68.3 Å². The van der Waals surface area contributed by atoms with Gasteiger partial charge in [-0.2, -0.15) is 0 Å². The SMILES string of the molecule is CNC(CCCc1cccs1)c1cccc(OC2CC2)c1. The lowest BCUT2D eigenvalue weighted by atomic mass is 10.0. The van der Waals surface area contributed by atoms with Gasteiger partial charge in [0.2, 0.25) is 0 Å². The zero-order valence-electron chi connectivity index (χ0n) is 12.5. The predicted molar refractivity (Wildman–Crippen MR) is 89.1 cm³/mol. The van der Waals surface area contributed by atoms with E-state index < -0.39 is 0 Å². The van der Waals surface area contributed by atoms with E-state index in [4.69, 9.17) is 4.74 Å². The first-order chi connectivity index (χ1) is 10.3. The lowest BCUT2D eigenvalue weighted by molar-refractivity contribution is 0.302. The van der Waals surface area contributed by atoms with E-state index in [1.165, 1.54) is 36.1 Å². The Morgan fingerprint density at radius 1 is 1.29 bits per heavy atom. The smallest absolute Gasteiger partial charge is 0.120 e. The lowest BCUT2D eigenvalue weighted by Gasteiger charge is -2.17. The summed E-state index contributed by atoms with van der Waals surface area (Å²) < 4.78 is 5.90. The summed E-state index contributed by atoms with van der Waals surface area (Å²) in [4.78, 5) is 1.48. The largest absolute Gasteiger partial charge is 0.490 e. The zero-order valence-corrected chi connectivity index (χ0v) is 13.4. The molecule has 3 heteroatoms. The van der Waals surface area contributed by atoms with Crippen molar-refractivity contribution in [3.05, 3.63) is 52.2 Å². The fraction of sp³-hybridized carbons (Fsp3) is 0.444. The van der Waals surface area contributed by atoms with E-state index in [1.807, 2.05) is 18.4 Å². The first-order valence-corrected chi connectivity index (χ1v) is 8.69. The highest BCUT2D eigenvalue weighted by molar-refractivity contribution is 7.09. The van der Waals surface area contributed by atoms with Crippen LogP contribution in [0.5, 0.6) is 5.75 Å². The van der Waals surface area contributed by atoms with Crippen molar-refractivity contribution in [2.45, 2.75) is 44.2 Å². The van der Waals surface area contributed by atoms with E-state index in [9.17, 15) is 0 Å². The molecule has 2 nitrogen and oxygen atoms in total. The van der Waals surface area contributed by atoms with Gasteiger partial charge in [-0.3, -0.25) is 0 Å². The van der Waals surface area contributed by atoms with Gasteiger partial charge in [0.05, 0.1) is 6.10 Å². The van der Waals surface area contributed by atoms with Gasteiger partial charge in [-0.1, -0.05) is 18.2 Å². The first kappa shape index (κ1) is 14.6. The molecule has 1 aliphatic carbocycles. The second-order valence-electron chi connectivity index (χ2n) is 5.70. The summed E-state index contributed by atoms with van der Waals surface area (Å²) in [5.74, 6) is 1.02. The van der Waals surface area contributed by atoms with Crippen molar-refractivity contribution in [1.29, 1.82) is 0 Å². The summed E-state index contributed by atoms with van der Waals surface area (Å²) in [6, 6.07) is 13.3. The van der Waals surface area contributed by atoms with Crippen LogP contribution >= 0.6 is 11.3 Å². The zero-order chi connectivity index (χ0) is 14.5. The van der Waals surface area contributed by atoms with Gasteiger partial charge in [0.15, 0.2) is 0 Å². The Kier molecular flexibility index (Phi) is 4.94. The van der Waals surface area contributed by atoms with Crippen molar-refractivity contribution in [2.75, 3.05) is 7.05 Å². The number of thiophene rings is 1. The molecule has 0 spiro atoms. The summed E-state index contributed by atoms with van der Waals surface area (Å²) in [6.07, 6.45) is 6.42. The van der Waals surface area contributed by atoms with Crippen LogP contribution in [0.1, 0.15) is 42.2 Å². The molecule has 1 unspecified atom stereocenters. The van der Waals surface area contributed by atoms with Gasteiger partial charge in [0.1, 0.15) is 5.75 Å². The van der Waals surface area contributed by atoms with E-state index in [1.54, 1.807) is 0 Å². The minimum absolute atomic E-state index is 0.410. The van der Waals surface area contributed by atoms with Crippen LogP contribution in [-0.4, -0.2) is 13.2 Å². The standard InChI is InChI=1S/C18H23NOS/c1-19-18(9-3-7-17-8-4-12-21-17)14-5-2-6-16(13-14)20-15-10-11-15/h2,4-6,8,12-13,15,18-19H,3,7,9-11H2,1H3. The Hall–Kier alpha value is -1.32. The highest BCUT2D eigenvalue weighted by atomic mass is 32.1. The van der Waals surface area contributed by atoms with Crippen molar-refractivity contribution in [3.63, 3.8) is 0 Å². The molecule has 1 heterocycles. The Morgan fingerprint density at radius 3 is 2.90 bits per heavy atom. The summed E-state index contributed by atoms with van der Waals surface area (Å²) in [6.45, 7) is 0. The number of rotatable bonds is 8. The molecule has 1 atom stereocenters. The van der Waals surface area contributed by atoms with Crippen LogP contribution in [0.15, 0.2) is 41.8 Å². The summed E-state index contributed by atoms with van der Waals surface area (Å²) in [7, 11) is 2.05. The number of hydrogen-bond donors (Lipinski definition) is 1. The van der Waals surface area contributed by atoms with Crippen LogP contribution < -0.4 is 10.1 Å². The van der Waals surface area contributed by atoms with E-state index in [0.717, 1.165) is 12.2 Å². The maximum atomic E-state index is 5.90. The van der Waals surface area contributed by atoms with Gasteiger partial charge in [0.25, 0.3) is 0 Å². The molecule has 2 aromatic rings. The van der Waals surface area contributed by atoms with Crippen molar-refractivity contribution in [3.8, 4) is 5.75 Å². The Balaban J connectivity index is 1.56. The van der Waals surface area contributed by atoms with E-state index in [-0.39, 0.29) is 0 Å². The number of ether oxygens (including phenoxy) is 1. The molecule has 1 aliphatic rings. The maximum absolute atomic E-state index is 5.90. The first-order valence-electron chi connectivity index (χ1n) is 7.81. The molecule has 0 aliphatic heterocycles. The minimum Gasteiger partial charge on any atom is -0.490 e. The molecule has 1 fully saturated rings. The molecule has 1 N–H and O–H groups in total. The van der Waals surface area contributed by atoms with Crippen molar-refractivity contribution in [1.82, 2.24) is 5.32 Å². The highest BCUT2D eigenvalue weighted by Gasteiger charge is 2.23. The molecule has 0 amide bonds. The Morgan fingerprint density at radius 2 is 2.19 bits per heavy atom. The molecule has 1 aromatic heterocycles. The molecular formula is C18H23NOS. The molecule has 112 valence electrons. The second kappa shape index (κ2) is 7.10. The molecule has 3 rings (SSSR count). The van der Waals surface area contributed by atoms with Crippen LogP contribution in [-0.2, 0) is 6.42 Å². The van der Waals surface area contributed by atoms with Crippen molar-refractivity contribution in [2.24, 2.45) is 0 Å². The third kappa shape index (κ3) is 4.32. The Bertz CT molecular complexity index is 548. The number of nitrogens with one attached hydrogen (secondary N) is 1. The van der Waals surface area contributed by atoms with Gasteiger partial charge in [0, 0.05) is 10.9 Å². The van der Waals surface area contributed by atoms with Gasteiger partial charge < -0.3 is 10.1 Å². The molecular weight excluding hydrogens is 278 g/mol. The van der Waals surface area contributed by atoms with E-state index >= 15 is 0 Å². The van der Waals surface area contributed by atoms with Crippen LogP contribution in [0, 0.1) is 0 Å². The van der Waals surface area contributed by atoms with Crippen molar-refractivity contribution < 1.29 is 4.74 Å². The van der Waals surface area contributed by atoms with Crippen LogP contribution in [0.3, 0.4) is 0 Å². The summed E-state index contributed by atoms with van der Waals surface area (Å²) in [5, 5.41) is 5.60. The van der Waals surface area contributed by atoms with E-state index in [0.29, 0.717) is 12.1 Å². The van der Waals surface area contributed by atoms with Gasteiger partial charge in [-0.15, -0.1) is 11.3 Å². The topological polar surface area (TPSA) is 21.3 Å². The molecule has 21 heavy (non-hydrogen) atoms. The average Bonchev–Trinajstić information content (AvgIpc) is 3.16. The third-order valence-corrected chi connectivity index (χ3v) is 4.87. The molecule has 0 bridgehead atoms. The third-order valence-electron chi connectivity index (χ3n) is 3.93. The second-order valence-corrected chi connectivity index (χ2v) is 6.73. The minimum atomic E-state index is 0.410. The normalized spacial score (nSPS) is 15.9. The quantitative estimate of drug-likeness (QED) is 0.771. The molecule has 0 saturated heterocycles. The average molecular weight is 301 g/mol. The molecule has 1 aromatic carbocycles. The maximum Gasteiger partial charge on any atom is 0.120 e. The highest BCUT2D eigenvalue weighted by Crippen LogP contribution is 2.29. The van der Waals surface area contributed by atoms with E-state index in [2.05, 4.69) is 47.1 Å². The predicted octanol–water partition coefficient (Wildman–Crippen LogP) is 4.57. The van der Waals surface area contributed by atoms with Crippen molar-refractivity contribution >= 4 is 11.3 Å². The summed E-state index contributed by atoms with van der Waals surface area (Å²) >= 11 is 1.85. The van der Waals surface area contributed by atoms with Crippen LogP contribution in [0.2, 0.25) is 0 Å². The molecule has 0 radical (unpaired) electrons. The van der Waals surface area contributed by atoms with Crippen LogP contribution in [0.4, 0.5) is 0 Å².